The van der Waals surface area contributed by atoms with Crippen LogP contribution in [0, 0.1) is 12.8 Å². The quantitative estimate of drug-likeness (QED) is 0.673. The maximum absolute atomic E-state index is 13.5. The van der Waals surface area contributed by atoms with E-state index >= 15 is 0 Å². The highest BCUT2D eigenvalue weighted by Crippen LogP contribution is 2.44. The second-order valence-electron chi connectivity index (χ2n) is 8.81. The van der Waals surface area contributed by atoms with Crippen molar-refractivity contribution < 1.29 is 9.59 Å². The van der Waals surface area contributed by atoms with Gasteiger partial charge in [-0.1, -0.05) is 17.7 Å². The summed E-state index contributed by atoms with van der Waals surface area (Å²) in [6.45, 7) is 4.22. The van der Waals surface area contributed by atoms with Gasteiger partial charge in [0.2, 0.25) is 5.91 Å². The van der Waals surface area contributed by atoms with E-state index in [4.69, 9.17) is 33.9 Å². The predicted molar refractivity (Wildman–Crippen MR) is 122 cm³/mol. The Labute approximate surface area is 193 Å². The van der Waals surface area contributed by atoms with Crippen LogP contribution in [0.1, 0.15) is 70.9 Å². The monoisotopic (exact) mass is 464 g/mol. The minimum Gasteiger partial charge on any atom is -0.341 e. The second-order valence-corrected chi connectivity index (χ2v) is 9.56. The van der Waals surface area contributed by atoms with E-state index in [2.05, 4.69) is 0 Å². The Balaban J connectivity index is 1.66. The lowest BCUT2D eigenvalue weighted by Crippen LogP contribution is -2.42. The lowest BCUT2D eigenvalue weighted by molar-refractivity contribution is -0.132. The Kier molecular flexibility index (Phi) is 6.89. The SMILES string of the molecule is Cc1nc2c(c(C3CCC(CCl)C=C3Cl)c1CN)C(=O)N(CC(=O)N1CCCCC1)C2. The predicted octanol–water partition coefficient (Wildman–Crippen LogP) is 3.67. The molecule has 0 saturated carbocycles. The number of carbonyl (C=O) groups excluding carboxylic acids is 2. The highest BCUT2D eigenvalue weighted by atomic mass is 35.5. The summed E-state index contributed by atoms with van der Waals surface area (Å²) in [5, 5.41) is 0.718. The fourth-order valence-electron chi connectivity index (χ4n) is 5.11. The lowest BCUT2D eigenvalue weighted by Gasteiger charge is -2.29. The number of rotatable bonds is 5. The summed E-state index contributed by atoms with van der Waals surface area (Å²) in [5.74, 6) is 0.569. The van der Waals surface area contributed by atoms with Gasteiger partial charge in [0.05, 0.1) is 17.8 Å². The minimum atomic E-state index is -0.138. The Morgan fingerprint density at radius 1 is 1.26 bits per heavy atom. The third-order valence-electron chi connectivity index (χ3n) is 6.80. The summed E-state index contributed by atoms with van der Waals surface area (Å²) in [4.78, 5) is 34.5. The largest absolute Gasteiger partial charge is 0.341 e. The number of fused-ring (bicyclic) bond motifs is 1. The van der Waals surface area contributed by atoms with Crippen LogP contribution >= 0.6 is 23.2 Å². The molecular weight excluding hydrogens is 435 g/mol. The average molecular weight is 465 g/mol. The van der Waals surface area contributed by atoms with Crippen molar-refractivity contribution in [2.24, 2.45) is 11.7 Å². The van der Waals surface area contributed by atoms with Crippen LogP contribution < -0.4 is 5.73 Å². The van der Waals surface area contributed by atoms with Crippen molar-refractivity contribution in [2.45, 2.75) is 58.0 Å². The van der Waals surface area contributed by atoms with E-state index in [1.54, 1.807) is 4.90 Å². The smallest absolute Gasteiger partial charge is 0.256 e. The number of hydrogen-bond donors (Lipinski definition) is 1. The highest BCUT2D eigenvalue weighted by molar-refractivity contribution is 6.30. The first-order valence-electron chi connectivity index (χ1n) is 11.2. The van der Waals surface area contributed by atoms with Crippen LogP contribution in [-0.2, 0) is 17.9 Å². The number of piperidine rings is 1. The van der Waals surface area contributed by atoms with Crippen molar-refractivity contribution >= 4 is 35.0 Å². The maximum atomic E-state index is 13.5. The van der Waals surface area contributed by atoms with Gasteiger partial charge in [-0.3, -0.25) is 14.6 Å². The molecule has 31 heavy (non-hydrogen) atoms. The molecule has 0 aromatic carbocycles. The van der Waals surface area contributed by atoms with Crippen molar-refractivity contribution in [2.75, 3.05) is 25.5 Å². The van der Waals surface area contributed by atoms with Gasteiger partial charge in [-0.2, -0.15) is 0 Å². The molecule has 1 aromatic rings. The molecule has 1 saturated heterocycles. The summed E-state index contributed by atoms with van der Waals surface area (Å²) in [7, 11) is 0. The summed E-state index contributed by atoms with van der Waals surface area (Å²) < 4.78 is 0. The van der Waals surface area contributed by atoms with Gasteiger partial charge in [0.25, 0.3) is 5.91 Å². The van der Waals surface area contributed by atoms with E-state index in [0.29, 0.717) is 24.5 Å². The molecule has 2 unspecified atom stereocenters. The van der Waals surface area contributed by atoms with E-state index in [9.17, 15) is 9.59 Å². The first-order chi connectivity index (χ1) is 14.9. The van der Waals surface area contributed by atoms with Gasteiger partial charge in [0.15, 0.2) is 0 Å². The molecular formula is C23H30Cl2N4O2. The molecule has 1 aromatic heterocycles. The van der Waals surface area contributed by atoms with Crippen molar-refractivity contribution in [3.8, 4) is 0 Å². The molecule has 168 valence electrons. The van der Waals surface area contributed by atoms with Crippen LogP contribution in [0.2, 0.25) is 0 Å². The number of alkyl halides is 1. The molecule has 3 heterocycles. The Hall–Kier alpha value is -1.63. The number of nitrogens with zero attached hydrogens (tertiary/aromatic N) is 3. The fraction of sp³-hybridized carbons (Fsp3) is 0.609. The number of amides is 2. The molecule has 8 heteroatoms. The molecule has 2 amide bonds. The molecule has 3 aliphatic rings. The Morgan fingerprint density at radius 2 is 2.00 bits per heavy atom. The van der Waals surface area contributed by atoms with Crippen LogP contribution in [0.25, 0.3) is 0 Å². The van der Waals surface area contributed by atoms with Gasteiger partial charge in [-0.25, -0.2) is 0 Å². The van der Waals surface area contributed by atoms with E-state index in [1.807, 2.05) is 17.9 Å². The second kappa shape index (κ2) is 9.47. The molecule has 6 nitrogen and oxygen atoms in total. The molecule has 1 fully saturated rings. The number of allylic oxidation sites excluding steroid dienone is 2. The van der Waals surface area contributed by atoms with Crippen LogP contribution in [0.15, 0.2) is 11.1 Å². The first kappa shape index (κ1) is 22.6. The standard InChI is InChI=1S/C23H30Cl2N4O2/c1-14-17(11-26)21(16-6-5-15(10-24)9-18(16)25)22-19(27-14)12-29(23(22)31)13-20(30)28-7-3-2-4-8-28/h9,15-16H,2-8,10-13,26H2,1H3. The van der Waals surface area contributed by atoms with Crippen molar-refractivity contribution in [3.05, 3.63) is 39.2 Å². The van der Waals surface area contributed by atoms with Gasteiger partial charge in [-0.05, 0) is 56.1 Å². The number of likely N-dealkylation sites (tertiary alicyclic amines) is 1. The van der Waals surface area contributed by atoms with E-state index < -0.39 is 0 Å². The highest BCUT2D eigenvalue weighted by Gasteiger charge is 2.38. The van der Waals surface area contributed by atoms with Crippen LogP contribution in [-0.4, -0.2) is 52.1 Å². The summed E-state index contributed by atoms with van der Waals surface area (Å²) >= 11 is 12.7. The Morgan fingerprint density at radius 3 is 2.65 bits per heavy atom. The summed E-state index contributed by atoms with van der Waals surface area (Å²) in [6, 6.07) is 0. The number of aromatic nitrogens is 1. The molecule has 2 atom stereocenters. The van der Waals surface area contributed by atoms with E-state index in [1.165, 1.54) is 0 Å². The van der Waals surface area contributed by atoms with Gasteiger partial charge < -0.3 is 15.5 Å². The molecule has 0 radical (unpaired) electrons. The van der Waals surface area contributed by atoms with Crippen LogP contribution in [0.3, 0.4) is 0 Å². The van der Waals surface area contributed by atoms with E-state index in [0.717, 1.165) is 72.7 Å². The van der Waals surface area contributed by atoms with Crippen molar-refractivity contribution in [1.29, 1.82) is 0 Å². The maximum Gasteiger partial charge on any atom is 0.256 e. The zero-order valence-corrected chi connectivity index (χ0v) is 19.5. The van der Waals surface area contributed by atoms with Crippen LogP contribution in [0.5, 0.6) is 0 Å². The topological polar surface area (TPSA) is 79.5 Å². The van der Waals surface area contributed by atoms with Crippen molar-refractivity contribution in [3.63, 3.8) is 0 Å². The lowest BCUT2D eigenvalue weighted by atomic mass is 9.80. The third-order valence-corrected chi connectivity index (χ3v) is 7.59. The Bertz CT molecular complexity index is 911. The normalized spacial score (nSPS) is 23.7. The molecule has 2 aliphatic heterocycles. The first-order valence-corrected chi connectivity index (χ1v) is 12.1. The molecule has 1 aliphatic carbocycles. The summed E-state index contributed by atoms with van der Waals surface area (Å²) in [6.07, 6.45) is 6.96. The van der Waals surface area contributed by atoms with Crippen molar-refractivity contribution in [1.82, 2.24) is 14.8 Å². The molecule has 0 spiro atoms. The number of halogens is 2. The summed E-state index contributed by atoms with van der Waals surface area (Å²) in [5.41, 5.74) is 10.0. The van der Waals surface area contributed by atoms with Gasteiger partial charge in [0.1, 0.15) is 6.54 Å². The number of nitrogens with two attached hydrogens (primary N) is 1. The fourth-order valence-corrected chi connectivity index (χ4v) is 5.75. The zero-order valence-electron chi connectivity index (χ0n) is 18.0. The number of hydrogen-bond acceptors (Lipinski definition) is 4. The molecule has 0 bridgehead atoms. The van der Waals surface area contributed by atoms with Gasteiger partial charge in [-0.15, -0.1) is 11.6 Å². The number of carbonyl (C=O) groups is 2. The number of pyridine rings is 1. The van der Waals surface area contributed by atoms with Crippen LogP contribution in [0.4, 0.5) is 0 Å². The minimum absolute atomic E-state index is 0.0127. The third kappa shape index (κ3) is 4.35. The molecule has 4 rings (SSSR count). The van der Waals surface area contributed by atoms with E-state index in [-0.39, 0.29) is 30.2 Å². The van der Waals surface area contributed by atoms with Gasteiger partial charge >= 0.3 is 0 Å². The van der Waals surface area contributed by atoms with Gasteiger partial charge in [0, 0.05) is 42.2 Å². The molecule has 2 N–H and O–H groups in total. The zero-order chi connectivity index (χ0) is 22.1. The number of aryl methyl sites for hydroxylation is 1. The average Bonchev–Trinajstić information content (AvgIpc) is 3.08.